The lowest BCUT2D eigenvalue weighted by atomic mass is 9.73. The molecule has 0 aliphatic carbocycles. The molecule has 0 bridgehead atoms. The number of unbranched alkanes of at least 4 members (excludes halogenated alkanes) is 3. The van der Waals surface area contributed by atoms with E-state index < -0.39 is 29.1 Å². The number of aliphatic hydroxyl groups excluding tert-OH is 1. The van der Waals surface area contributed by atoms with Crippen molar-refractivity contribution in [2.24, 2.45) is 11.8 Å². The van der Waals surface area contributed by atoms with Gasteiger partial charge in [0.25, 0.3) is 0 Å². The lowest BCUT2D eigenvalue weighted by Gasteiger charge is -2.39. The number of rotatable bonds is 10. The first-order valence-electron chi connectivity index (χ1n) is 14.9. The molecule has 1 aromatic rings. The van der Waals surface area contributed by atoms with E-state index in [2.05, 4.69) is 0 Å². The Morgan fingerprint density at radius 2 is 1.65 bits per heavy atom. The Hall–Kier alpha value is -2.97. The summed E-state index contributed by atoms with van der Waals surface area (Å²) in [6.45, 7) is 7.86. The van der Waals surface area contributed by atoms with Gasteiger partial charge in [-0.3, -0.25) is 14.4 Å². The second-order valence-corrected chi connectivity index (χ2v) is 11.9. The molecule has 4 heterocycles. The van der Waals surface area contributed by atoms with E-state index in [0.717, 1.165) is 31.2 Å². The average molecular weight is 550 g/mol. The monoisotopic (exact) mass is 549 g/mol. The predicted molar refractivity (Wildman–Crippen MR) is 152 cm³/mol. The molecule has 4 aliphatic heterocycles. The number of hydrogen-bond acceptors (Lipinski definition) is 5. The zero-order chi connectivity index (χ0) is 28.5. The van der Waals surface area contributed by atoms with Crippen LogP contribution in [-0.4, -0.2) is 87.1 Å². The molecular weight excluding hydrogens is 506 g/mol. The highest BCUT2D eigenvalue weighted by Gasteiger charge is 2.75. The van der Waals surface area contributed by atoms with Crippen LogP contribution in [0.3, 0.4) is 0 Å². The number of nitrogens with zero attached hydrogens (tertiary/aromatic N) is 3. The average Bonchev–Trinajstić information content (AvgIpc) is 3.23. The molecule has 5 atom stereocenters. The Kier molecular flexibility index (Phi) is 8.20. The molecule has 4 aliphatic rings. The summed E-state index contributed by atoms with van der Waals surface area (Å²) in [6, 6.07) is 9.03. The third-order valence-electron chi connectivity index (χ3n) is 9.20. The van der Waals surface area contributed by atoms with Gasteiger partial charge in [-0.15, -0.1) is 0 Å². The number of aliphatic hydroxyl groups is 1. The third kappa shape index (κ3) is 4.69. The molecule has 40 heavy (non-hydrogen) atoms. The van der Waals surface area contributed by atoms with Crippen LogP contribution in [-0.2, 0) is 25.7 Å². The van der Waals surface area contributed by atoms with Crippen molar-refractivity contribution in [3.63, 3.8) is 0 Å². The Labute approximate surface area is 237 Å². The van der Waals surface area contributed by atoms with E-state index in [4.69, 9.17) is 9.84 Å². The van der Waals surface area contributed by atoms with Gasteiger partial charge in [0.1, 0.15) is 11.6 Å². The van der Waals surface area contributed by atoms with Gasteiger partial charge in [-0.05, 0) is 38.7 Å². The quantitative estimate of drug-likeness (QED) is 0.357. The van der Waals surface area contributed by atoms with Crippen molar-refractivity contribution in [1.82, 2.24) is 14.7 Å². The molecule has 0 radical (unpaired) electrons. The van der Waals surface area contributed by atoms with Crippen LogP contribution in [0.2, 0.25) is 0 Å². The highest BCUT2D eigenvalue weighted by atomic mass is 16.5. The maximum absolute atomic E-state index is 14.4. The molecule has 2 saturated heterocycles. The number of fused-ring (bicyclic) bond motifs is 2. The van der Waals surface area contributed by atoms with Crippen molar-refractivity contribution in [3.05, 3.63) is 60.2 Å². The number of likely N-dealkylation sites (tertiary alicyclic amines) is 1. The maximum Gasteiger partial charge on any atom is 0.249 e. The normalized spacial score (nSPS) is 31.5. The van der Waals surface area contributed by atoms with Gasteiger partial charge in [-0.1, -0.05) is 74.4 Å². The summed E-state index contributed by atoms with van der Waals surface area (Å²) in [5, 5.41) is 9.17. The molecule has 1 unspecified atom stereocenters. The van der Waals surface area contributed by atoms with E-state index in [1.165, 1.54) is 0 Å². The zero-order valence-electron chi connectivity index (χ0n) is 24.0. The van der Waals surface area contributed by atoms with Gasteiger partial charge in [-0.25, -0.2) is 0 Å². The second kappa shape index (κ2) is 11.5. The number of carbonyl (C=O) groups is 3. The summed E-state index contributed by atoms with van der Waals surface area (Å²) < 4.78 is 7.03. The van der Waals surface area contributed by atoms with Crippen LogP contribution in [0.1, 0.15) is 58.4 Å². The summed E-state index contributed by atoms with van der Waals surface area (Å²) in [5.41, 5.74) is -1.15. The minimum atomic E-state index is -1.21. The van der Waals surface area contributed by atoms with Crippen molar-refractivity contribution < 1.29 is 24.2 Å². The minimum absolute atomic E-state index is 0.0391. The molecular formula is C32H43N3O5. The lowest BCUT2D eigenvalue weighted by Crippen LogP contribution is -2.57. The first-order valence-corrected chi connectivity index (χ1v) is 14.9. The maximum atomic E-state index is 14.4. The fraction of sp³-hybridized carbons (Fsp3) is 0.594. The molecule has 0 saturated carbocycles. The van der Waals surface area contributed by atoms with E-state index in [-0.39, 0.29) is 30.4 Å². The fourth-order valence-corrected chi connectivity index (χ4v) is 7.23. The van der Waals surface area contributed by atoms with Crippen LogP contribution in [0.15, 0.2) is 54.6 Å². The molecule has 5 rings (SSSR count). The molecule has 1 spiro atoms. The Balaban J connectivity index is 1.55. The van der Waals surface area contributed by atoms with E-state index >= 15 is 0 Å². The van der Waals surface area contributed by atoms with Gasteiger partial charge in [0.05, 0.1) is 17.4 Å². The van der Waals surface area contributed by atoms with E-state index in [1.807, 2.05) is 80.3 Å². The molecule has 1 aromatic carbocycles. The van der Waals surface area contributed by atoms with Crippen LogP contribution >= 0.6 is 0 Å². The highest BCUT2D eigenvalue weighted by molar-refractivity contribution is 6.00. The summed E-state index contributed by atoms with van der Waals surface area (Å²) in [5.74, 6) is -1.89. The van der Waals surface area contributed by atoms with E-state index in [0.29, 0.717) is 32.6 Å². The Morgan fingerprint density at radius 1 is 0.925 bits per heavy atom. The summed E-state index contributed by atoms with van der Waals surface area (Å²) in [6.07, 6.45) is 11.5. The second-order valence-electron chi connectivity index (χ2n) is 11.9. The predicted octanol–water partition coefficient (Wildman–Crippen LogP) is 3.31. The van der Waals surface area contributed by atoms with Crippen molar-refractivity contribution in [1.29, 1.82) is 0 Å². The number of hydrogen-bond donors (Lipinski definition) is 1. The van der Waals surface area contributed by atoms with Gasteiger partial charge in [0.15, 0.2) is 0 Å². The van der Waals surface area contributed by atoms with Crippen molar-refractivity contribution >= 4 is 17.7 Å². The molecule has 8 heteroatoms. The SMILES string of the molecule is CC[C@@]12C=CCN(Cc3ccccc3)C(=O)[C@@H]1[C@H]1C(=O)N(CCCCCCO)C3C(=O)N(C(C)C)CC=C[C@@]31O2. The van der Waals surface area contributed by atoms with Crippen molar-refractivity contribution in [2.45, 2.75) is 82.7 Å². The minimum Gasteiger partial charge on any atom is -0.396 e. The molecule has 8 nitrogen and oxygen atoms in total. The number of ether oxygens (including phenoxy) is 1. The first kappa shape index (κ1) is 28.6. The van der Waals surface area contributed by atoms with Gasteiger partial charge >= 0.3 is 0 Å². The first-order chi connectivity index (χ1) is 19.3. The summed E-state index contributed by atoms with van der Waals surface area (Å²) >= 11 is 0. The number of carbonyl (C=O) groups excluding carboxylic acids is 3. The van der Waals surface area contributed by atoms with Gasteiger partial charge in [-0.2, -0.15) is 0 Å². The molecule has 3 amide bonds. The smallest absolute Gasteiger partial charge is 0.249 e. The largest absolute Gasteiger partial charge is 0.396 e. The Morgan fingerprint density at radius 3 is 2.35 bits per heavy atom. The molecule has 216 valence electrons. The Bertz CT molecular complexity index is 1170. The van der Waals surface area contributed by atoms with Crippen LogP contribution in [0.5, 0.6) is 0 Å². The van der Waals surface area contributed by atoms with E-state index in [1.54, 1.807) is 9.80 Å². The zero-order valence-corrected chi connectivity index (χ0v) is 24.0. The van der Waals surface area contributed by atoms with E-state index in [9.17, 15) is 14.4 Å². The standard InChI is InChI=1S/C32H43N3O5/c1-4-31-16-12-18-33(22-24-14-8-7-9-15-24)28(37)25(31)26-29(38)35(19-10-5-6-11-21-36)27-30(39)34(23(2)3)20-13-17-32(26,27)40-31/h7-9,12-17,23,25-27,36H,4-6,10-11,18-22H2,1-3H3/t25-,26-,27?,31+,32-/m0/s1. The third-order valence-corrected chi connectivity index (χ3v) is 9.20. The topological polar surface area (TPSA) is 90.4 Å². The lowest BCUT2D eigenvalue weighted by molar-refractivity contribution is -0.155. The molecule has 1 N–H and O–H groups in total. The van der Waals surface area contributed by atoms with Crippen LogP contribution in [0.25, 0.3) is 0 Å². The van der Waals surface area contributed by atoms with Crippen molar-refractivity contribution in [3.8, 4) is 0 Å². The summed E-state index contributed by atoms with van der Waals surface area (Å²) in [7, 11) is 0. The van der Waals surface area contributed by atoms with Crippen LogP contribution < -0.4 is 0 Å². The summed E-state index contributed by atoms with van der Waals surface area (Å²) in [4.78, 5) is 48.4. The fourth-order valence-electron chi connectivity index (χ4n) is 7.23. The van der Waals surface area contributed by atoms with Gasteiger partial charge < -0.3 is 24.5 Å². The molecule has 2 fully saturated rings. The van der Waals surface area contributed by atoms with Crippen LogP contribution in [0.4, 0.5) is 0 Å². The number of amides is 3. The highest BCUT2D eigenvalue weighted by Crippen LogP contribution is 2.58. The van der Waals surface area contributed by atoms with Gasteiger partial charge in [0, 0.05) is 38.8 Å². The van der Waals surface area contributed by atoms with Crippen LogP contribution in [0, 0.1) is 11.8 Å². The number of benzene rings is 1. The van der Waals surface area contributed by atoms with Gasteiger partial charge in [0.2, 0.25) is 17.7 Å². The van der Waals surface area contributed by atoms with Crippen molar-refractivity contribution in [2.75, 3.05) is 26.2 Å². The molecule has 0 aromatic heterocycles.